The second kappa shape index (κ2) is 7.92. The summed E-state index contributed by atoms with van der Waals surface area (Å²) in [5, 5.41) is 23.3. The van der Waals surface area contributed by atoms with Crippen LogP contribution in [0, 0.1) is 0 Å². The predicted octanol–water partition coefficient (Wildman–Crippen LogP) is 2.71. The second-order valence-electron chi connectivity index (χ2n) is 5.46. The minimum atomic E-state index is -0.260. The fourth-order valence-electron chi connectivity index (χ4n) is 2.43. The Labute approximate surface area is 154 Å². The van der Waals surface area contributed by atoms with E-state index in [0.717, 1.165) is 22.7 Å². The molecule has 0 radical (unpaired) electrons. The van der Waals surface area contributed by atoms with E-state index in [4.69, 9.17) is 0 Å². The molecule has 7 nitrogen and oxygen atoms in total. The molecule has 1 heterocycles. The Morgan fingerprint density at radius 2 is 2.08 bits per heavy atom. The maximum atomic E-state index is 12.0. The number of amides is 1. The minimum absolute atomic E-state index is 0.182. The van der Waals surface area contributed by atoms with E-state index in [-0.39, 0.29) is 23.2 Å². The smallest absolute Gasteiger partial charge is 0.250 e. The molecule has 1 aromatic heterocycles. The highest BCUT2D eigenvalue weighted by Gasteiger charge is 2.11. The number of fused-ring (bicyclic) bond motifs is 1. The van der Waals surface area contributed by atoms with Gasteiger partial charge in [-0.1, -0.05) is 23.9 Å². The molecule has 134 valence electrons. The number of phenols is 2. The van der Waals surface area contributed by atoms with E-state index in [9.17, 15) is 15.0 Å². The molecule has 3 aromatic rings. The number of hydrazone groups is 1. The topological polar surface area (TPSA) is 99.7 Å². The summed E-state index contributed by atoms with van der Waals surface area (Å²) in [6, 6.07) is 12.1. The zero-order valence-electron chi connectivity index (χ0n) is 14.1. The summed E-state index contributed by atoms with van der Waals surface area (Å²) in [5.41, 5.74) is 4.94. The fourth-order valence-corrected chi connectivity index (χ4v) is 3.30. The number of aromatic nitrogens is 2. The Hall–Kier alpha value is -3.00. The Bertz CT molecular complexity index is 968. The van der Waals surface area contributed by atoms with Crippen molar-refractivity contribution in [1.29, 1.82) is 0 Å². The Balaban J connectivity index is 1.59. The van der Waals surface area contributed by atoms with Crippen LogP contribution in [0.15, 0.2) is 52.7 Å². The first-order valence-corrected chi connectivity index (χ1v) is 8.99. The molecule has 0 aliphatic heterocycles. The molecule has 3 rings (SSSR count). The van der Waals surface area contributed by atoms with E-state index in [2.05, 4.69) is 20.1 Å². The van der Waals surface area contributed by atoms with Gasteiger partial charge in [-0.15, -0.1) is 0 Å². The third-order valence-electron chi connectivity index (χ3n) is 3.67. The summed E-state index contributed by atoms with van der Waals surface area (Å²) in [6.07, 6.45) is 1.39. The van der Waals surface area contributed by atoms with Gasteiger partial charge < -0.3 is 14.8 Å². The van der Waals surface area contributed by atoms with Crippen LogP contribution in [-0.2, 0) is 11.3 Å². The second-order valence-corrected chi connectivity index (χ2v) is 6.40. The number of hydrogen-bond acceptors (Lipinski definition) is 6. The molecule has 0 fully saturated rings. The number of hydrogen-bond donors (Lipinski definition) is 3. The van der Waals surface area contributed by atoms with E-state index < -0.39 is 0 Å². The summed E-state index contributed by atoms with van der Waals surface area (Å²) in [4.78, 5) is 16.5. The summed E-state index contributed by atoms with van der Waals surface area (Å²) in [5.74, 6) is -0.527. The summed E-state index contributed by atoms with van der Waals surface area (Å²) < 4.78 is 2.07. The molecular weight excluding hydrogens is 352 g/mol. The molecule has 0 unspecified atom stereocenters. The molecule has 2 aromatic carbocycles. The predicted molar refractivity (Wildman–Crippen MR) is 102 cm³/mol. The van der Waals surface area contributed by atoms with Gasteiger partial charge in [0.05, 0.1) is 23.0 Å². The molecule has 26 heavy (non-hydrogen) atoms. The number of benzene rings is 2. The molecule has 0 bridgehead atoms. The van der Waals surface area contributed by atoms with Gasteiger partial charge in [-0.25, -0.2) is 10.4 Å². The lowest BCUT2D eigenvalue weighted by Gasteiger charge is -2.05. The van der Waals surface area contributed by atoms with Crippen molar-refractivity contribution in [3.63, 3.8) is 0 Å². The lowest BCUT2D eigenvalue weighted by atomic mass is 10.2. The first-order chi connectivity index (χ1) is 12.6. The van der Waals surface area contributed by atoms with Crippen LogP contribution in [0.5, 0.6) is 11.5 Å². The minimum Gasteiger partial charge on any atom is -0.504 e. The van der Waals surface area contributed by atoms with E-state index in [1.165, 1.54) is 30.1 Å². The van der Waals surface area contributed by atoms with Crippen molar-refractivity contribution in [2.45, 2.75) is 18.6 Å². The van der Waals surface area contributed by atoms with Crippen molar-refractivity contribution in [1.82, 2.24) is 15.0 Å². The summed E-state index contributed by atoms with van der Waals surface area (Å²) in [6.45, 7) is 2.81. The van der Waals surface area contributed by atoms with Gasteiger partial charge >= 0.3 is 0 Å². The van der Waals surface area contributed by atoms with E-state index in [1.54, 1.807) is 6.07 Å². The number of nitrogens with zero attached hydrogens (tertiary/aromatic N) is 3. The average molecular weight is 370 g/mol. The van der Waals surface area contributed by atoms with E-state index in [0.29, 0.717) is 5.56 Å². The molecule has 0 spiro atoms. The number of thioether (sulfide) groups is 1. The molecular formula is C18H18N4O3S. The van der Waals surface area contributed by atoms with E-state index in [1.807, 2.05) is 31.2 Å². The summed E-state index contributed by atoms with van der Waals surface area (Å²) in [7, 11) is 0. The van der Waals surface area contributed by atoms with Crippen LogP contribution in [-0.4, -0.2) is 37.6 Å². The number of nitrogens with one attached hydrogen (secondary N) is 1. The number of carbonyl (C=O) groups is 1. The first-order valence-electron chi connectivity index (χ1n) is 8.00. The average Bonchev–Trinajstić information content (AvgIpc) is 3.00. The van der Waals surface area contributed by atoms with Crippen molar-refractivity contribution in [2.75, 3.05) is 5.75 Å². The number of para-hydroxylation sites is 2. The maximum Gasteiger partial charge on any atom is 0.250 e. The lowest BCUT2D eigenvalue weighted by Crippen LogP contribution is -2.20. The Morgan fingerprint density at radius 1 is 1.27 bits per heavy atom. The van der Waals surface area contributed by atoms with Gasteiger partial charge in [0.2, 0.25) is 0 Å². The monoisotopic (exact) mass is 370 g/mol. The van der Waals surface area contributed by atoms with Crippen molar-refractivity contribution >= 4 is 34.9 Å². The molecule has 0 saturated heterocycles. The zero-order chi connectivity index (χ0) is 18.5. The molecule has 8 heteroatoms. The van der Waals surface area contributed by atoms with Crippen molar-refractivity contribution in [2.24, 2.45) is 5.10 Å². The van der Waals surface area contributed by atoms with Crippen molar-refractivity contribution in [3.05, 3.63) is 48.0 Å². The van der Waals surface area contributed by atoms with Crippen molar-refractivity contribution < 1.29 is 15.0 Å². The molecule has 0 atom stereocenters. The van der Waals surface area contributed by atoms with Gasteiger partial charge in [-0.3, -0.25) is 4.79 Å². The molecule has 0 aliphatic carbocycles. The SMILES string of the molecule is CCn1c(SCC(=O)N/N=C\c2ccc(O)c(O)c2)nc2ccccc21. The molecule has 1 amide bonds. The van der Waals surface area contributed by atoms with Gasteiger partial charge in [0.25, 0.3) is 5.91 Å². The number of carbonyl (C=O) groups excluding carboxylic acids is 1. The third-order valence-corrected chi connectivity index (χ3v) is 4.65. The van der Waals surface area contributed by atoms with Gasteiger partial charge in [-0.05, 0) is 42.8 Å². The normalized spacial score (nSPS) is 11.3. The van der Waals surface area contributed by atoms with Crippen LogP contribution in [0.3, 0.4) is 0 Å². The largest absolute Gasteiger partial charge is 0.504 e. The van der Waals surface area contributed by atoms with Gasteiger partial charge in [-0.2, -0.15) is 5.10 Å². The molecule has 0 saturated carbocycles. The summed E-state index contributed by atoms with van der Waals surface area (Å²) >= 11 is 1.35. The number of aryl methyl sites for hydroxylation is 1. The van der Waals surface area contributed by atoms with Crippen molar-refractivity contribution in [3.8, 4) is 11.5 Å². The van der Waals surface area contributed by atoms with Crippen LogP contribution in [0.4, 0.5) is 0 Å². The Morgan fingerprint density at radius 3 is 2.85 bits per heavy atom. The highest BCUT2D eigenvalue weighted by molar-refractivity contribution is 7.99. The Kier molecular flexibility index (Phi) is 5.43. The maximum absolute atomic E-state index is 12.0. The van der Waals surface area contributed by atoms with Crippen LogP contribution >= 0.6 is 11.8 Å². The highest BCUT2D eigenvalue weighted by Crippen LogP contribution is 2.24. The van der Waals surface area contributed by atoms with E-state index >= 15 is 0 Å². The number of aromatic hydroxyl groups is 2. The number of phenolic OH excluding ortho intramolecular Hbond substituents is 2. The number of imidazole rings is 1. The fraction of sp³-hybridized carbons (Fsp3) is 0.167. The molecule has 0 aliphatic rings. The van der Waals surface area contributed by atoms with Gasteiger partial charge in [0.1, 0.15) is 0 Å². The third kappa shape index (κ3) is 3.97. The quantitative estimate of drug-likeness (QED) is 0.268. The van der Waals surface area contributed by atoms with Crippen LogP contribution in [0.1, 0.15) is 12.5 Å². The number of rotatable bonds is 6. The van der Waals surface area contributed by atoms with Crippen LogP contribution < -0.4 is 5.43 Å². The highest BCUT2D eigenvalue weighted by atomic mass is 32.2. The lowest BCUT2D eigenvalue weighted by molar-refractivity contribution is -0.118. The standard InChI is InChI=1S/C18H18N4O3S/c1-2-22-14-6-4-3-5-13(14)20-18(22)26-11-17(25)21-19-10-12-7-8-15(23)16(24)9-12/h3-10,23-24H,2,11H2,1H3,(H,21,25)/b19-10-. The molecule has 3 N–H and O–H groups in total. The van der Waals surface area contributed by atoms with Crippen LogP contribution in [0.25, 0.3) is 11.0 Å². The first kappa shape index (κ1) is 17.8. The van der Waals surface area contributed by atoms with Gasteiger partial charge in [0, 0.05) is 6.54 Å². The van der Waals surface area contributed by atoms with Gasteiger partial charge in [0.15, 0.2) is 16.7 Å². The van der Waals surface area contributed by atoms with Crippen LogP contribution in [0.2, 0.25) is 0 Å². The zero-order valence-corrected chi connectivity index (χ0v) is 14.9.